The van der Waals surface area contributed by atoms with E-state index >= 15 is 0 Å². The highest BCUT2D eigenvalue weighted by atomic mass is 19.1. The van der Waals surface area contributed by atoms with Crippen molar-refractivity contribution >= 4 is 23.3 Å². The van der Waals surface area contributed by atoms with Crippen molar-refractivity contribution in [3.63, 3.8) is 0 Å². The number of non-ortho nitro benzene ring substituents is 1. The molecule has 0 saturated heterocycles. The number of amides is 1. The molecule has 1 amide bonds. The highest BCUT2D eigenvalue weighted by Crippen LogP contribution is 2.29. The van der Waals surface area contributed by atoms with Gasteiger partial charge in [0.15, 0.2) is 6.10 Å². The average Bonchev–Trinajstić information content (AvgIpc) is 2.61. The lowest BCUT2D eigenvalue weighted by atomic mass is 10.2. The smallest absolute Gasteiger partial charge is 0.341 e. The second-order valence-corrected chi connectivity index (χ2v) is 5.30. The van der Waals surface area contributed by atoms with Crippen LogP contribution in [0.5, 0.6) is 5.75 Å². The number of anilines is 1. The van der Waals surface area contributed by atoms with E-state index in [0.29, 0.717) is 6.07 Å². The molecule has 2 aromatic rings. The Labute approximate surface area is 151 Å². The van der Waals surface area contributed by atoms with Crippen molar-refractivity contribution < 1.29 is 32.8 Å². The Morgan fingerprint density at radius 3 is 2.48 bits per heavy atom. The summed E-state index contributed by atoms with van der Waals surface area (Å²) in [6, 6.07) is 5.83. The summed E-state index contributed by atoms with van der Waals surface area (Å²) in [7, 11) is 1.30. The first-order chi connectivity index (χ1) is 12.7. The molecule has 0 spiro atoms. The lowest BCUT2D eigenvalue weighted by molar-refractivity contribution is -0.384. The number of hydrogen-bond donors (Lipinski definition) is 1. The van der Waals surface area contributed by atoms with E-state index in [1.54, 1.807) is 0 Å². The Morgan fingerprint density at radius 2 is 1.89 bits per heavy atom. The molecule has 10 heteroatoms. The van der Waals surface area contributed by atoms with Gasteiger partial charge in [0.05, 0.1) is 23.3 Å². The minimum absolute atomic E-state index is 0.00689. The zero-order valence-electron chi connectivity index (χ0n) is 14.2. The predicted octanol–water partition coefficient (Wildman–Crippen LogP) is 3.07. The molecule has 142 valence electrons. The fourth-order valence-corrected chi connectivity index (χ4v) is 2.07. The molecule has 1 N–H and O–H groups in total. The van der Waals surface area contributed by atoms with Gasteiger partial charge in [-0.2, -0.15) is 0 Å². The zero-order valence-corrected chi connectivity index (χ0v) is 14.2. The lowest BCUT2D eigenvalue weighted by Crippen LogP contribution is -2.30. The molecule has 0 fully saturated rings. The van der Waals surface area contributed by atoms with Crippen LogP contribution in [0.1, 0.15) is 17.3 Å². The van der Waals surface area contributed by atoms with Gasteiger partial charge in [0.25, 0.3) is 11.6 Å². The number of nitrogens with one attached hydrogen (secondary N) is 1. The van der Waals surface area contributed by atoms with Gasteiger partial charge in [-0.05, 0) is 25.1 Å². The number of ether oxygens (including phenoxy) is 2. The van der Waals surface area contributed by atoms with Crippen LogP contribution in [0.4, 0.5) is 20.2 Å². The number of rotatable bonds is 6. The molecule has 0 radical (unpaired) electrons. The van der Waals surface area contributed by atoms with Crippen LogP contribution in [0.25, 0.3) is 0 Å². The van der Waals surface area contributed by atoms with Crippen molar-refractivity contribution in [3.05, 3.63) is 63.7 Å². The van der Waals surface area contributed by atoms with Crippen LogP contribution in [0.2, 0.25) is 0 Å². The SMILES string of the molecule is COc1ccc([N+](=O)[O-])cc1NC(=O)[C@@H](C)OC(=O)c1ccc(F)cc1F. The topological polar surface area (TPSA) is 108 Å². The van der Waals surface area contributed by atoms with Crippen molar-refractivity contribution in [1.29, 1.82) is 0 Å². The summed E-state index contributed by atoms with van der Waals surface area (Å²) in [5, 5.41) is 13.2. The highest BCUT2D eigenvalue weighted by molar-refractivity contribution is 5.98. The Hall–Kier alpha value is -3.56. The van der Waals surface area contributed by atoms with Crippen molar-refractivity contribution in [2.24, 2.45) is 0 Å². The van der Waals surface area contributed by atoms with Crippen molar-refractivity contribution in [1.82, 2.24) is 0 Å². The Bertz CT molecular complexity index is 903. The molecular weight excluding hydrogens is 366 g/mol. The molecular formula is C17H14F2N2O6. The maximum Gasteiger partial charge on any atom is 0.341 e. The number of hydrogen-bond acceptors (Lipinski definition) is 6. The van der Waals surface area contributed by atoms with E-state index in [0.717, 1.165) is 18.2 Å². The van der Waals surface area contributed by atoms with Crippen LogP contribution in [0.15, 0.2) is 36.4 Å². The van der Waals surface area contributed by atoms with Gasteiger partial charge in [-0.1, -0.05) is 0 Å². The molecule has 0 aliphatic carbocycles. The summed E-state index contributed by atoms with van der Waals surface area (Å²) in [6.45, 7) is 1.22. The Morgan fingerprint density at radius 1 is 1.19 bits per heavy atom. The average molecular weight is 380 g/mol. The first-order valence-electron chi connectivity index (χ1n) is 7.52. The van der Waals surface area contributed by atoms with Gasteiger partial charge in [-0.25, -0.2) is 13.6 Å². The van der Waals surface area contributed by atoms with E-state index in [-0.39, 0.29) is 17.1 Å². The summed E-state index contributed by atoms with van der Waals surface area (Å²) in [5.74, 6) is -3.84. The van der Waals surface area contributed by atoms with Crippen LogP contribution in [0.3, 0.4) is 0 Å². The van der Waals surface area contributed by atoms with Gasteiger partial charge in [0.2, 0.25) is 0 Å². The maximum absolute atomic E-state index is 13.6. The summed E-state index contributed by atoms with van der Waals surface area (Å²) in [6.07, 6.45) is -1.37. The molecule has 0 saturated carbocycles. The quantitative estimate of drug-likeness (QED) is 0.469. The summed E-state index contributed by atoms with van der Waals surface area (Å²) in [4.78, 5) is 34.3. The third-order valence-electron chi connectivity index (χ3n) is 3.46. The minimum atomic E-state index is -1.37. The zero-order chi connectivity index (χ0) is 20.1. The first-order valence-corrected chi connectivity index (χ1v) is 7.52. The number of nitrogens with zero attached hydrogens (tertiary/aromatic N) is 1. The molecule has 27 heavy (non-hydrogen) atoms. The molecule has 0 aliphatic heterocycles. The number of carbonyl (C=O) groups excluding carboxylic acids is 2. The van der Waals surface area contributed by atoms with Gasteiger partial charge >= 0.3 is 5.97 Å². The van der Waals surface area contributed by atoms with E-state index in [1.807, 2.05) is 0 Å². The minimum Gasteiger partial charge on any atom is -0.495 e. The monoisotopic (exact) mass is 380 g/mol. The van der Waals surface area contributed by atoms with Crippen molar-refractivity contribution in [2.75, 3.05) is 12.4 Å². The van der Waals surface area contributed by atoms with E-state index in [1.165, 1.54) is 26.2 Å². The van der Waals surface area contributed by atoms with Crippen molar-refractivity contribution in [3.8, 4) is 5.75 Å². The van der Waals surface area contributed by atoms with Crippen LogP contribution < -0.4 is 10.1 Å². The summed E-state index contributed by atoms with van der Waals surface area (Å²) < 4.78 is 36.3. The standard InChI is InChI=1S/C17H14F2N2O6/c1-9(27-17(23)12-5-3-10(18)7-13(12)19)16(22)20-14-8-11(21(24)25)4-6-15(14)26-2/h3-9H,1-2H3,(H,20,22)/t9-/m1/s1. The largest absolute Gasteiger partial charge is 0.495 e. The van der Waals surface area contributed by atoms with Gasteiger partial charge < -0.3 is 14.8 Å². The number of esters is 1. The van der Waals surface area contributed by atoms with Crippen LogP contribution in [-0.4, -0.2) is 30.0 Å². The molecule has 0 aromatic heterocycles. The number of carbonyl (C=O) groups is 2. The Balaban J connectivity index is 2.12. The molecule has 0 bridgehead atoms. The van der Waals surface area contributed by atoms with Crippen LogP contribution >= 0.6 is 0 Å². The van der Waals surface area contributed by atoms with Crippen LogP contribution in [-0.2, 0) is 9.53 Å². The third kappa shape index (κ3) is 4.75. The van der Waals surface area contributed by atoms with Crippen molar-refractivity contribution in [2.45, 2.75) is 13.0 Å². The highest BCUT2D eigenvalue weighted by Gasteiger charge is 2.23. The van der Waals surface area contributed by atoms with E-state index in [4.69, 9.17) is 9.47 Å². The Kier molecular flexibility index (Phi) is 6.01. The van der Waals surface area contributed by atoms with Gasteiger partial charge in [-0.15, -0.1) is 0 Å². The second kappa shape index (κ2) is 8.21. The maximum atomic E-state index is 13.6. The summed E-state index contributed by atoms with van der Waals surface area (Å²) in [5.41, 5.74) is -0.833. The number of methoxy groups -OCH3 is 1. The normalized spacial score (nSPS) is 11.4. The van der Waals surface area contributed by atoms with E-state index in [2.05, 4.69) is 5.32 Å². The second-order valence-electron chi connectivity index (χ2n) is 5.30. The molecule has 1 atom stereocenters. The van der Waals surface area contributed by atoms with Gasteiger partial charge in [0.1, 0.15) is 17.4 Å². The molecule has 2 rings (SSSR count). The third-order valence-corrected chi connectivity index (χ3v) is 3.46. The number of benzene rings is 2. The summed E-state index contributed by atoms with van der Waals surface area (Å²) >= 11 is 0. The number of halogens is 2. The fourth-order valence-electron chi connectivity index (χ4n) is 2.07. The molecule has 0 heterocycles. The molecule has 8 nitrogen and oxygen atoms in total. The molecule has 0 aliphatic rings. The van der Waals surface area contributed by atoms with E-state index < -0.39 is 40.1 Å². The van der Waals surface area contributed by atoms with Gasteiger partial charge in [-0.3, -0.25) is 14.9 Å². The predicted molar refractivity (Wildman–Crippen MR) is 89.5 cm³/mol. The van der Waals surface area contributed by atoms with Crippen LogP contribution in [0, 0.1) is 21.7 Å². The number of nitro groups is 1. The lowest BCUT2D eigenvalue weighted by Gasteiger charge is -2.15. The molecule has 2 aromatic carbocycles. The van der Waals surface area contributed by atoms with Gasteiger partial charge in [0, 0.05) is 18.2 Å². The first kappa shape index (κ1) is 19.8. The fraction of sp³-hybridized carbons (Fsp3) is 0.176. The number of nitro benzene ring substituents is 1. The van der Waals surface area contributed by atoms with E-state index in [9.17, 15) is 28.5 Å². The molecule has 0 unspecified atom stereocenters.